The second-order valence-corrected chi connectivity index (χ2v) is 5.76. The van der Waals surface area contributed by atoms with Crippen molar-refractivity contribution in [2.45, 2.75) is 33.2 Å². The number of nitrogens with one attached hydrogen (secondary N) is 1. The second-order valence-electron chi connectivity index (χ2n) is 5.76. The lowest BCUT2D eigenvalue weighted by Crippen LogP contribution is -2.29. The van der Waals surface area contributed by atoms with Crippen LogP contribution in [-0.2, 0) is 0 Å². The van der Waals surface area contributed by atoms with E-state index in [-0.39, 0.29) is 6.04 Å². The molecule has 1 aromatic carbocycles. The maximum absolute atomic E-state index is 13.3. The highest BCUT2D eigenvalue weighted by Gasteiger charge is 2.14. The van der Waals surface area contributed by atoms with Crippen molar-refractivity contribution in [3.05, 3.63) is 35.4 Å². The summed E-state index contributed by atoms with van der Waals surface area (Å²) in [5, 5.41) is 3.30. The largest absolute Gasteiger partial charge is 0.310 e. The van der Waals surface area contributed by atoms with Gasteiger partial charge in [0.2, 0.25) is 0 Å². The quantitative estimate of drug-likeness (QED) is 0.785. The lowest BCUT2D eigenvalue weighted by Gasteiger charge is -2.24. The Balaban J connectivity index is 2.68. The minimum atomic E-state index is -0.515. The van der Waals surface area contributed by atoms with E-state index in [1.54, 1.807) is 0 Å². The van der Waals surface area contributed by atoms with Crippen LogP contribution in [0.3, 0.4) is 0 Å². The van der Waals surface area contributed by atoms with E-state index in [2.05, 4.69) is 31.1 Å². The molecule has 2 nitrogen and oxygen atoms in total. The Morgan fingerprint density at radius 2 is 1.75 bits per heavy atom. The summed E-state index contributed by atoms with van der Waals surface area (Å²) in [5.41, 5.74) is 0.683. The Kier molecular flexibility index (Phi) is 7.10. The number of hydrogen-bond donors (Lipinski definition) is 1. The summed E-state index contributed by atoms with van der Waals surface area (Å²) in [7, 11) is 2.08. The molecule has 4 heteroatoms. The van der Waals surface area contributed by atoms with Gasteiger partial charge in [0.05, 0.1) is 0 Å². The van der Waals surface area contributed by atoms with Crippen LogP contribution >= 0.6 is 0 Å². The van der Waals surface area contributed by atoms with Crippen LogP contribution in [0.1, 0.15) is 38.8 Å². The molecule has 0 spiro atoms. The van der Waals surface area contributed by atoms with E-state index < -0.39 is 11.6 Å². The van der Waals surface area contributed by atoms with Gasteiger partial charge in [-0.3, -0.25) is 0 Å². The van der Waals surface area contributed by atoms with Crippen LogP contribution in [0.5, 0.6) is 0 Å². The molecule has 0 aliphatic carbocycles. The van der Waals surface area contributed by atoms with Crippen molar-refractivity contribution in [1.82, 2.24) is 10.2 Å². The molecule has 0 aromatic heterocycles. The molecular formula is C16H26F2N2. The zero-order valence-corrected chi connectivity index (χ0v) is 12.9. The van der Waals surface area contributed by atoms with Crippen LogP contribution in [0.25, 0.3) is 0 Å². The third-order valence-corrected chi connectivity index (χ3v) is 3.21. The highest BCUT2D eigenvalue weighted by atomic mass is 19.1. The van der Waals surface area contributed by atoms with E-state index in [1.165, 1.54) is 12.1 Å². The van der Waals surface area contributed by atoms with Gasteiger partial charge in [-0.15, -0.1) is 0 Å². The van der Waals surface area contributed by atoms with Crippen molar-refractivity contribution >= 4 is 0 Å². The molecule has 0 bridgehead atoms. The van der Waals surface area contributed by atoms with E-state index in [9.17, 15) is 8.78 Å². The van der Waals surface area contributed by atoms with Gasteiger partial charge in [0.25, 0.3) is 0 Å². The topological polar surface area (TPSA) is 15.3 Å². The number of hydrogen-bond acceptors (Lipinski definition) is 2. The minimum absolute atomic E-state index is 0.0141. The first-order valence-electron chi connectivity index (χ1n) is 7.30. The Hall–Kier alpha value is -1.00. The van der Waals surface area contributed by atoms with Crippen LogP contribution in [0.4, 0.5) is 8.78 Å². The Bertz CT molecular complexity index is 387. The SMILES string of the molecule is CCNC(CCN(C)CC(C)C)c1cc(F)cc(F)c1. The highest BCUT2D eigenvalue weighted by molar-refractivity contribution is 5.21. The van der Waals surface area contributed by atoms with Crippen molar-refractivity contribution in [2.24, 2.45) is 5.92 Å². The normalized spacial score (nSPS) is 13.2. The predicted molar refractivity (Wildman–Crippen MR) is 79.7 cm³/mol. The molecule has 1 N–H and O–H groups in total. The van der Waals surface area contributed by atoms with Crippen molar-refractivity contribution in [3.8, 4) is 0 Å². The first-order valence-corrected chi connectivity index (χ1v) is 7.30. The molecule has 0 saturated carbocycles. The summed E-state index contributed by atoms with van der Waals surface area (Å²) in [6.07, 6.45) is 0.833. The van der Waals surface area contributed by atoms with Crippen LogP contribution in [-0.4, -0.2) is 31.6 Å². The smallest absolute Gasteiger partial charge is 0.126 e. The molecule has 1 aromatic rings. The molecular weight excluding hydrogens is 258 g/mol. The zero-order valence-electron chi connectivity index (χ0n) is 12.9. The van der Waals surface area contributed by atoms with Gasteiger partial charge in [0.15, 0.2) is 0 Å². The Morgan fingerprint density at radius 3 is 2.25 bits per heavy atom. The van der Waals surface area contributed by atoms with Gasteiger partial charge in [-0.1, -0.05) is 20.8 Å². The van der Waals surface area contributed by atoms with Gasteiger partial charge in [-0.05, 0) is 50.2 Å². The molecule has 0 aliphatic heterocycles. The third kappa shape index (κ3) is 5.97. The number of nitrogens with zero attached hydrogens (tertiary/aromatic N) is 1. The minimum Gasteiger partial charge on any atom is -0.310 e. The molecule has 1 rings (SSSR count). The Labute approximate surface area is 121 Å². The van der Waals surface area contributed by atoms with Gasteiger partial charge >= 0.3 is 0 Å². The summed E-state index contributed by atoms with van der Waals surface area (Å²) < 4.78 is 26.6. The Morgan fingerprint density at radius 1 is 1.15 bits per heavy atom. The van der Waals surface area contributed by atoms with E-state index in [0.29, 0.717) is 11.5 Å². The molecule has 0 fully saturated rings. The fourth-order valence-corrected chi connectivity index (χ4v) is 2.47. The van der Waals surface area contributed by atoms with Gasteiger partial charge in [0, 0.05) is 18.7 Å². The fraction of sp³-hybridized carbons (Fsp3) is 0.625. The summed E-state index contributed by atoms with van der Waals surface area (Å²) >= 11 is 0. The highest BCUT2D eigenvalue weighted by Crippen LogP contribution is 2.20. The lowest BCUT2D eigenvalue weighted by atomic mass is 10.0. The zero-order chi connectivity index (χ0) is 15.1. The number of rotatable bonds is 8. The van der Waals surface area contributed by atoms with Gasteiger partial charge in [0.1, 0.15) is 11.6 Å². The second kappa shape index (κ2) is 8.32. The summed E-state index contributed by atoms with van der Waals surface area (Å²) in [6, 6.07) is 3.73. The van der Waals surface area contributed by atoms with Gasteiger partial charge in [-0.25, -0.2) is 8.78 Å². The molecule has 0 aliphatic rings. The van der Waals surface area contributed by atoms with Crippen LogP contribution in [0.15, 0.2) is 18.2 Å². The first-order chi connectivity index (χ1) is 9.42. The van der Waals surface area contributed by atoms with Crippen molar-refractivity contribution in [1.29, 1.82) is 0 Å². The van der Waals surface area contributed by atoms with Crippen LogP contribution in [0.2, 0.25) is 0 Å². The summed E-state index contributed by atoms with van der Waals surface area (Å²) in [5.74, 6) is -0.416. The van der Waals surface area contributed by atoms with Gasteiger partial charge in [-0.2, -0.15) is 0 Å². The van der Waals surface area contributed by atoms with Crippen molar-refractivity contribution < 1.29 is 8.78 Å². The monoisotopic (exact) mass is 284 g/mol. The molecule has 1 atom stereocenters. The van der Waals surface area contributed by atoms with Gasteiger partial charge < -0.3 is 10.2 Å². The van der Waals surface area contributed by atoms with Crippen LogP contribution < -0.4 is 5.32 Å². The predicted octanol–water partition coefficient (Wildman–Crippen LogP) is 3.59. The average Bonchev–Trinajstić information content (AvgIpc) is 2.32. The van der Waals surface area contributed by atoms with E-state index in [1.807, 2.05) is 6.92 Å². The van der Waals surface area contributed by atoms with E-state index in [0.717, 1.165) is 32.1 Å². The molecule has 114 valence electrons. The number of benzene rings is 1. The summed E-state index contributed by atoms with van der Waals surface area (Å²) in [6.45, 7) is 9.06. The van der Waals surface area contributed by atoms with E-state index >= 15 is 0 Å². The third-order valence-electron chi connectivity index (χ3n) is 3.21. The number of halogens is 2. The molecule has 0 amide bonds. The van der Waals surface area contributed by atoms with E-state index in [4.69, 9.17) is 0 Å². The molecule has 0 radical (unpaired) electrons. The average molecular weight is 284 g/mol. The molecule has 0 saturated heterocycles. The van der Waals surface area contributed by atoms with Crippen LogP contribution in [0, 0.1) is 17.6 Å². The van der Waals surface area contributed by atoms with Crippen molar-refractivity contribution in [2.75, 3.05) is 26.7 Å². The summed E-state index contributed by atoms with van der Waals surface area (Å²) in [4.78, 5) is 2.25. The molecule has 1 unspecified atom stereocenters. The lowest BCUT2D eigenvalue weighted by molar-refractivity contribution is 0.277. The molecule has 20 heavy (non-hydrogen) atoms. The maximum atomic E-state index is 13.3. The standard InChI is InChI=1S/C16H26F2N2/c1-5-19-16(6-7-20(4)11-12(2)3)13-8-14(17)10-15(18)9-13/h8-10,12,16,19H,5-7,11H2,1-4H3. The molecule has 0 heterocycles. The fourth-order valence-electron chi connectivity index (χ4n) is 2.47. The maximum Gasteiger partial charge on any atom is 0.126 e. The van der Waals surface area contributed by atoms with Crippen molar-refractivity contribution in [3.63, 3.8) is 0 Å². The first kappa shape index (κ1) is 17.1.